The summed E-state index contributed by atoms with van der Waals surface area (Å²) in [6.45, 7) is 8.67. The highest BCUT2D eigenvalue weighted by Gasteiger charge is 2.11. The minimum absolute atomic E-state index is 0.590. The lowest BCUT2D eigenvalue weighted by Gasteiger charge is -2.18. The highest BCUT2D eigenvalue weighted by atomic mass is 35.5. The predicted molar refractivity (Wildman–Crippen MR) is 91.6 cm³/mol. The van der Waals surface area contributed by atoms with Gasteiger partial charge in [0.1, 0.15) is 5.82 Å². The Labute approximate surface area is 136 Å². The molecule has 0 bridgehead atoms. The van der Waals surface area contributed by atoms with Crippen molar-refractivity contribution in [3.63, 3.8) is 0 Å². The van der Waals surface area contributed by atoms with Crippen molar-refractivity contribution in [3.05, 3.63) is 29.0 Å². The van der Waals surface area contributed by atoms with Crippen molar-refractivity contribution in [1.29, 1.82) is 0 Å². The van der Waals surface area contributed by atoms with Gasteiger partial charge in [-0.1, -0.05) is 25.4 Å². The number of aryl methyl sites for hydroxylation is 2. The monoisotopic (exact) mass is 327 g/mol. The molecule has 21 heavy (non-hydrogen) atoms. The van der Waals surface area contributed by atoms with E-state index in [1.165, 1.54) is 0 Å². The highest BCUT2D eigenvalue weighted by molar-refractivity contribution is 6.31. The van der Waals surface area contributed by atoms with Crippen molar-refractivity contribution < 1.29 is 0 Å². The molecule has 0 saturated carbocycles. The van der Waals surface area contributed by atoms with Gasteiger partial charge in [0.05, 0.1) is 11.0 Å². The molecule has 0 amide bonds. The molecule has 0 spiro atoms. The summed E-state index contributed by atoms with van der Waals surface area (Å²) in [5, 5.41) is 0.754. The van der Waals surface area contributed by atoms with Gasteiger partial charge in [0, 0.05) is 23.9 Å². The second-order valence-electron chi connectivity index (χ2n) is 5.13. The lowest BCUT2D eigenvalue weighted by molar-refractivity contribution is 0.293. The first-order chi connectivity index (χ1) is 10.2. The Morgan fingerprint density at radius 3 is 2.67 bits per heavy atom. The molecule has 1 heterocycles. The van der Waals surface area contributed by atoms with Gasteiger partial charge in [-0.15, -0.1) is 11.6 Å². The quantitative estimate of drug-likeness (QED) is 0.677. The Kier molecular flexibility index (Phi) is 6.34. The summed E-state index contributed by atoms with van der Waals surface area (Å²) < 4.78 is 2.27. The molecule has 5 heteroatoms. The number of imidazole rings is 1. The van der Waals surface area contributed by atoms with Crippen LogP contribution in [-0.2, 0) is 13.0 Å². The smallest absolute Gasteiger partial charge is 0.111 e. The van der Waals surface area contributed by atoms with E-state index >= 15 is 0 Å². The Bertz CT molecular complexity index is 576. The summed E-state index contributed by atoms with van der Waals surface area (Å²) in [4.78, 5) is 7.13. The van der Waals surface area contributed by atoms with Crippen LogP contribution in [0.2, 0.25) is 5.02 Å². The summed E-state index contributed by atoms with van der Waals surface area (Å²) in [6.07, 6.45) is 1.90. The lowest BCUT2D eigenvalue weighted by Crippen LogP contribution is -2.25. The summed E-state index contributed by atoms with van der Waals surface area (Å²) in [7, 11) is 0. The fourth-order valence-electron chi connectivity index (χ4n) is 2.66. The van der Waals surface area contributed by atoms with E-state index in [4.69, 9.17) is 23.2 Å². The molecule has 0 aliphatic heterocycles. The van der Waals surface area contributed by atoms with E-state index in [1.807, 2.05) is 18.2 Å². The van der Waals surface area contributed by atoms with Crippen LogP contribution in [0.1, 0.15) is 26.1 Å². The van der Waals surface area contributed by atoms with Crippen LogP contribution in [0.25, 0.3) is 11.0 Å². The van der Waals surface area contributed by atoms with E-state index in [2.05, 4.69) is 28.3 Å². The van der Waals surface area contributed by atoms with Crippen molar-refractivity contribution >= 4 is 34.2 Å². The molecule has 0 aliphatic rings. The normalized spacial score (nSPS) is 11.7. The minimum Gasteiger partial charge on any atom is -0.328 e. The van der Waals surface area contributed by atoms with Crippen molar-refractivity contribution in [2.24, 2.45) is 0 Å². The van der Waals surface area contributed by atoms with Gasteiger partial charge in [-0.25, -0.2) is 4.98 Å². The predicted octanol–water partition coefficient (Wildman–Crippen LogP) is 4.20. The van der Waals surface area contributed by atoms with E-state index in [1.54, 1.807) is 0 Å². The topological polar surface area (TPSA) is 21.1 Å². The number of alkyl halides is 1. The third-order valence-corrected chi connectivity index (χ3v) is 4.28. The SMILES string of the molecule is CCN(CC)CCCn1c(CCCl)nc2ccc(Cl)cc21. The molecule has 0 radical (unpaired) electrons. The summed E-state index contributed by atoms with van der Waals surface area (Å²) in [6, 6.07) is 5.87. The molecule has 0 unspecified atom stereocenters. The van der Waals surface area contributed by atoms with Crippen molar-refractivity contribution in [1.82, 2.24) is 14.5 Å². The Morgan fingerprint density at radius 1 is 1.24 bits per heavy atom. The summed E-state index contributed by atoms with van der Waals surface area (Å²) in [5.41, 5.74) is 2.12. The maximum Gasteiger partial charge on any atom is 0.111 e. The number of benzene rings is 1. The molecule has 1 aromatic heterocycles. The number of hydrogen-bond acceptors (Lipinski definition) is 2. The van der Waals surface area contributed by atoms with Crippen LogP contribution in [0.5, 0.6) is 0 Å². The first kappa shape index (κ1) is 16.6. The molecular weight excluding hydrogens is 305 g/mol. The van der Waals surface area contributed by atoms with Crippen LogP contribution in [-0.4, -0.2) is 40.0 Å². The van der Waals surface area contributed by atoms with E-state index in [0.717, 1.165) is 60.9 Å². The van der Waals surface area contributed by atoms with Gasteiger partial charge in [-0.2, -0.15) is 0 Å². The summed E-state index contributed by atoms with van der Waals surface area (Å²) >= 11 is 12.0. The third-order valence-electron chi connectivity index (χ3n) is 3.86. The van der Waals surface area contributed by atoms with Crippen LogP contribution in [0.15, 0.2) is 18.2 Å². The first-order valence-electron chi connectivity index (χ1n) is 7.62. The van der Waals surface area contributed by atoms with Crippen molar-refractivity contribution in [2.45, 2.75) is 33.2 Å². The van der Waals surface area contributed by atoms with Crippen LogP contribution in [0.4, 0.5) is 0 Å². The minimum atomic E-state index is 0.590. The molecule has 2 rings (SSSR count). The largest absolute Gasteiger partial charge is 0.328 e. The molecule has 116 valence electrons. The maximum atomic E-state index is 6.13. The average Bonchev–Trinajstić information content (AvgIpc) is 2.81. The van der Waals surface area contributed by atoms with Gasteiger partial charge in [0.25, 0.3) is 0 Å². The van der Waals surface area contributed by atoms with Crippen molar-refractivity contribution in [3.8, 4) is 0 Å². The third kappa shape index (κ3) is 4.12. The number of halogens is 2. The zero-order chi connectivity index (χ0) is 15.2. The second kappa shape index (κ2) is 8.02. The first-order valence-corrected chi connectivity index (χ1v) is 8.53. The molecule has 0 aliphatic carbocycles. The van der Waals surface area contributed by atoms with Crippen LogP contribution in [0.3, 0.4) is 0 Å². The number of hydrogen-bond donors (Lipinski definition) is 0. The number of aromatic nitrogens is 2. The Balaban J connectivity index is 2.19. The van der Waals surface area contributed by atoms with Gasteiger partial charge >= 0.3 is 0 Å². The molecule has 0 atom stereocenters. The van der Waals surface area contributed by atoms with E-state index < -0.39 is 0 Å². The fourth-order valence-corrected chi connectivity index (χ4v) is 3.00. The van der Waals surface area contributed by atoms with Gasteiger partial charge in [0.15, 0.2) is 0 Å². The Morgan fingerprint density at radius 2 is 2.00 bits per heavy atom. The van der Waals surface area contributed by atoms with Crippen LogP contribution in [0, 0.1) is 0 Å². The molecule has 3 nitrogen and oxygen atoms in total. The van der Waals surface area contributed by atoms with Gasteiger partial charge in [-0.05, 0) is 44.3 Å². The van der Waals surface area contributed by atoms with Crippen LogP contribution < -0.4 is 0 Å². The molecule has 0 N–H and O–H groups in total. The maximum absolute atomic E-state index is 6.13. The highest BCUT2D eigenvalue weighted by Crippen LogP contribution is 2.21. The number of nitrogens with zero attached hydrogens (tertiary/aromatic N) is 3. The summed E-state index contributed by atoms with van der Waals surface area (Å²) in [5.74, 6) is 1.65. The molecule has 2 aromatic rings. The lowest BCUT2D eigenvalue weighted by atomic mass is 10.3. The number of fused-ring (bicyclic) bond motifs is 1. The van der Waals surface area contributed by atoms with Crippen molar-refractivity contribution in [2.75, 3.05) is 25.5 Å². The zero-order valence-corrected chi connectivity index (χ0v) is 14.3. The zero-order valence-electron chi connectivity index (χ0n) is 12.8. The molecule has 1 aromatic carbocycles. The fraction of sp³-hybridized carbons (Fsp3) is 0.562. The molecular formula is C16H23Cl2N3. The van der Waals surface area contributed by atoms with E-state index in [0.29, 0.717) is 5.88 Å². The van der Waals surface area contributed by atoms with Gasteiger partial charge in [-0.3, -0.25) is 0 Å². The molecule has 0 saturated heterocycles. The van der Waals surface area contributed by atoms with Gasteiger partial charge in [0.2, 0.25) is 0 Å². The number of rotatable bonds is 8. The van der Waals surface area contributed by atoms with E-state index in [9.17, 15) is 0 Å². The van der Waals surface area contributed by atoms with E-state index in [-0.39, 0.29) is 0 Å². The molecule has 0 fully saturated rings. The van der Waals surface area contributed by atoms with Crippen LogP contribution >= 0.6 is 23.2 Å². The standard InChI is InChI=1S/C16H23Cl2N3/c1-3-20(4-2)10-5-11-21-15-12-13(18)6-7-14(15)19-16(21)8-9-17/h6-7,12H,3-5,8-11H2,1-2H3. The van der Waals surface area contributed by atoms with Gasteiger partial charge < -0.3 is 9.47 Å². The second-order valence-corrected chi connectivity index (χ2v) is 5.95. The average molecular weight is 328 g/mol. The Hall–Kier alpha value is -0.770.